The van der Waals surface area contributed by atoms with Crippen LogP contribution in [0.3, 0.4) is 0 Å². The molecule has 2 aliphatic carbocycles. The van der Waals surface area contributed by atoms with Gasteiger partial charge in [0.05, 0.1) is 5.60 Å². The summed E-state index contributed by atoms with van der Waals surface area (Å²) >= 11 is 0. The molecule has 0 spiro atoms. The number of rotatable bonds is 11. The van der Waals surface area contributed by atoms with Crippen molar-refractivity contribution in [1.29, 1.82) is 0 Å². The molecule has 30 heavy (non-hydrogen) atoms. The highest BCUT2D eigenvalue weighted by atomic mass is 28.4. The molecule has 2 nitrogen and oxygen atoms in total. The molecule has 0 aromatic rings. The third kappa shape index (κ3) is 6.67. The molecule has 0 radical (unpaired) electrons. The van der Waals surface area contributed by atoms with E-state index in [1.165, 1.54) is 44.9 Å². The van der Waals surface area contributed by atoms with Crippen molar-refractivity contribution >= 4 is 14.1 Å². The fraction of sp³-hybridized carbons (Fsp3) is 0.963. The number of Topliss-reactive ketones (excluding diaryl/α,β-unsaturated/α-hetero) is 1. The maximum Gasteiger partial charge on any atom is 0.184 e. The van der Waals surface area contributed by atoms with Crippen molar-refractivity contribution in [2.75, 3.05) is 0 Å². The molecule has 0 saturated heterocycles. The second-order valence-electron chi connectivity index (χ2n) is 13.3. The minimum atomic E-state index is -1.53. The first-order chi connectivity index (χ1) is 13.7. The number of hydrogen-bond donors (Lipinski definition) is 0. The predicted molar refractivity (Wildman–Crippen MR) is 132 cm³/mol. The van der Waals surface area contributed by atoms with Crippen LogP contribution in [-0.2, 0) is 9.22 Å². The van der Waals surface area contributed by atoms with Crippen molar-refractivity contribution in [3.8, 4) is 0 Å². The van der Waals surface area contributed by atoms with Crippen molar-refractivity contribution in [3.63, 3.8) is 0 Å². The van der Waals surface area contributed by atoms with Crippen LogP contribution in [0, 0.1) is 28.6 Å². The summed E-state index contributed by atoms with van der Waals surface area (Å²) in [5.41, 5.74) is 0.573. The molecule has 2 saturated carbocycles. The summed E-state index contributed by atoms with van der Waals surface area (Å²) in [5.74, 6) is 2.39. The normalized spacial score (nSPS) is 29.9. The maximum atomic E-state index is 12.7. The lowest BCUT2D eigenvalue weighted by atomic mass is 9.56. The van der Waals surface area contributed by atoms with E-state index >= 15 is 0 Å². The maximum absolute atomic E-state index is 12.7. The van der Waals surface area contributed by atoms with Gasteiger partial charge in [0.25, 0.3) is 0 Å². The van der Waals surface area contributed by atoms with Gasteiger partial charge in [-0.2, -0.15) is 0 Å². The summed E-state index contributed by atoms with van der Waals surface area (Å²) in [6, 6.07) is 0. The van der Waals surface area contributed by atoms with Gasteiger partial charge in [-0.25, -0.2) is 0 Å². The van der Waals surface area contributed by atoms with Crippen LogP contribution >= 0.6 is 0 Å². The Kier molecular flexibility index (Phi) is 8.50. The Morgan fingerprint density at radius 1 is 1.07 bits per heavy atom. The molecule has 0 aromatic carbocycles. The zero-order valence-electron chi connectivity index (χ0n) is 21.8. The van der Waals surface area contributed by atoms with E-state index in [-0.39, 0.29) is 11.0 Å². The van der Waals surface area contributed by atoms with Crippen LogP contribution in [0.4, 0.5) is 0 Å². The van der Waals surface area contributed by atoms with Crippen LogP contribution in [0.1, 0.15) is 112 Å². The van der Waals surface area contributed by atoms with Crippen LogP contribution in [0.25, 0.3) is 0 Å². The first-order valence-corrected chi connectivity index (χ1v) is 16.3. The van der Waals surface area contributed by atoms with E-state index in [0.717, 1.165) is 31.6 Å². The van der Waals surface area contributed by atoms with Gasteiger partial charge >= 0.3 is 0 Å². The molecular formula is C27H52O2Si. The average Bonchev–Trinajstić information content (AvgIpc) is 2.91. The first-order valence-electron chi connectivity index (χ1n) is 12.9. The Morgan fingerprint density at radius 3 is 2.30 bits per heavy atom. The van der Waals surface area contributed by atoms with Gasteiger partial charge in [-0.05, 0) is 101 Å². The third-order valence-corrected chi connectivity index (χ3v) is 9.51. The Morgan fingerprint density at radius 2 is 1.70 bits per heavy atom. The molecule has 3 unspecified atom stereocenters. The molecular weight excluding hydrogens is 384 g/mol. The van der Waals surface area contributed by atoms with E-state index < -0.39 is 8.32 Å². The quantitative estimate of drug-likeness (QED) is 0.304. The fourth-order valence-electron chi connectivity index (χ4n) is 7.26. The lowest BCUT2D eigenvalue weighted by Gasteiger charge is -2.49. The molecule has 0 aromatic heterocycles. The van der Waals surface area contributed by atoms with Gasteiger partial charge in [-0.15, -0.1) is 0 Å². The summed E-state index contributed by atoms with van der Waals surface area (Å²) in [5, 5.41) is 0. The van der Waals surface area contributed by atoms with Gasteiger partial charge in [0.1, 0.15) is 5.78 Å². The summed E-state index contributed by atoms with van der Waals surface area (Å²) in [6.07, 6.45) is 13.2. The number of carbonyl (C=O) groups is 1. The molecule has 0 amide bonds. The van der Waals surface area contributed by atoms with Gasteiger partial charge in [0.15, 0.2) is 8.32 Å². The van der Waals surface area contributed by atoms with Crippen LogP contribution in [-0.4, -0.2) is 19.7 Å². The largest absolute Gasteiger partial charge is 0.413 e. The topological polar surface area (TPSA) is 26.3 Å². The first kappa shape index (κ1) is 26.1. The molecule has 2 aliphatic rings. The van der Waals surface area contributed by atoms with Crippen LogP contribution in [0.5, 0.6) is 0 Å². The highest BCUT2D eigenvalue weighted by Gasteiger charge is 2.56. The number of hydrogen-bond acceptors (Lipinski definition) is 2. The predicted octanol–water partition coefficient (Wildman–Crippen LogP) is 8.40. The molecule has 0 heterocycles. The van der Waals surface area contributed by atoms with Crippen molar-refractivity contribution < 1.29 is 9.22 Å². The second-order valence-corrected chi connectivity index (χ2v) is 17.7. The van der Waals surface area contributed by atoms with E-state index in [9.17, 15) is 4.79 Å². The van der Waals surface area contributed by atoms with Gasteiger partial charge in [0.2, 0.25) is 0 Å². The van der Waals surface area contributed by atoms with Gasteiger partial charge in [-0.3, -0.25) is 4.79 Å². The Labute approximate surface area is 189 Å². The zero-order chi connectivity index (χ0) is 22.8. The van der Waals surface area contributed by atoms with Crippen LogP contribution in [0.15, 0.2) is 0 Å². The zero-order valence-corrected chi connectivity index (χ0v) is 22.8. The van der Waals surface area contributed by atoms with Crippen molar-refractivity contribution in [3.05, 3.63) is 0 Å². The summed E-state index contributed by atoms with van der Waals surface area (Å²) in [7, 11) is -1.53. The SMILES string of the molecule is CC(C)CCCC(C)(CCCC(C)(C)O[Si](C)(C)C)C1CCC2C(=O)CCC[C@@]21C. The molecule has 0 N–H and O–H groups in total. The fourth-order valence-corrected chi connectivity index (χ4v) is 9.02. The molecule has 0 aliphatic heterocycles. The monoisotopic (exact) mass is 436 g/mol. The van der Waals surface area contributed by atoms with Crippen molar-refractivity contribution in [2.24, 2.45) is 28.6 Å². The molecule has 176 valence electrons. The minimum Gasteiger partial charge on any atom is -0.413 e. The molecule has 4 atom stereocenters. The van der Waals surface area contributed by atoms with Gasteiger partial charge < -0.3 is 4.43 Å². The highest BCUT2D eigenvalue weighted by Crippen LogP contribution is 2.62. The molecule has 3 heteroatoms. The second kappa shape index (κ2) is 9.77. The van der Waals surface area contributed by atoms with E-state index in [2.05, 4.69) is 61.2 Å². The highest BCUT2D eigenvalue weighted by molar-refractivity contribution is 6.69. The van der Waals surface area contributed by atoms with Crippen molar-refractivity contribution in [2.45, 2.75) is 137 Å². The van der Waals surface area contributed by atoms with Crippen LogP contribution in [0.2, 0.25) is 19.6 Å². The number of carbonyl (C=O) groups excluding carboxylic acids is 1. The number of fused-ring (bicyclic) bond motifs is 1. The third-order valence-electron chi connectivity index (χ3n) is 8.34. The van der Waals surface area contributed by atoms with E-state index in [4.69, 9.17) is 4.43 Å². The summed E-state index contributed by atoms with van der Waals surface area (Å²) < 4.78 is 6.49. The van der Waals surface area contributed by atoms with Gasteiger partial charge in [-0.1, -0.05) is 47.0 Å². The Bertz CT molecular complexity index is 576. The summed E-state index contributed by atoms with van der Waals surface area (Å²) in [6.45, 7) is 21.2. The van der Waals surface area contributed by atoms with E-state index in [1.807, 2.05) is 0 Å². The van der Waals surface area contributed by atoms with Crippen molar-refractivity contribution in [1.82, 2.24) is 0 Å². The average molecular weight is 437 g/mol. The van der Waals surface area contributed by atoms with E-state index in [0.29, 0.717) is 23.0 Å². The number of ketones is 1. The van der Waals surface area contributed by atoms with E-state index in [1.54, 1.807) is 0 Å². The lowest BCUT2D eigenvalue weighted by molar-refractivity contribution is -0.131. The minimum absolute atomic E-state index is 0.0216. The van der Waals surface area contributed by atoms with Crippen LogP contribution < -0.4 is 0 Å². The Balaban J connectivity index is 2.12. The molecule has 2 fully saturated rings. The smallest absolute Gasteiger partial charge is 0.184 e. The molecule has 0 bridgehead atoms. The summed E-state index contributed by atoms with van der Waals surface area (Å²) in [4.78, 5) is 12.7. The van der Waals surface area contributed by atoms with Gasteiger partial charge in [0, 0.05) is 12.3 Å². The Hall–Kier alpha value is -0.153. The lowest BCUT2D eigenvalue weighted by Crippen LogP contribution is -2.44. The standard InChI is InChI=1S/C27H52O2Si/c1-21(2)13-10-18-26(5,19-12-17-25(3,4)29-30(7,8)9)24-16-15-22-23(28)14-11-20-27(22,24)6/h21-22,24H,10-20H2,1-9H3/t22?,24?,26?,27-/m0/s1. The molecule has 2 rings (SSSR count).